The molecule has 0 aliphatic rings. The summed E-state index contributed by atoms with van der Waals surface area (Å²) in [5.74, 6) is 0.771. The lowest BCUT2D eigenvalue weighted by Crippen LogP contribution is -2.10. The van der Waals surface area contributed by atoms with Gasteiger partial charge in [-0.1, -0.05) is 60.7 Å². The molecule has 4 heteroatoms. The van der Waals surface area contributed by atoms with E-state index in [1.165, 1.54) is 0 Å². The van der Waals surface area contributed by atoms with Crippen molar-refractivity contribution in [2.75, 3.05) is 25.6 Å². The highest BCUT2D eigenvalue weighted by Crippen LogP contribution is 2.29. The van der Waals surface area contributed by atoms with Crippen LogP contribution in [0.5, 0.6) is 0 Å². The highest BCUT2D eigenvalue weighted by atomic mass is 16.5. The minimum Gasteiger partial charge on any atom is -0.383 e. The monoisotopic (exact) mass is 305 g/mol. The van der Waals surface area contributed by atoms with Gasteiger partial charge in [-0.25, -0.2) is 0 Å². The molecule has 0 atom stereocenters. The summed E-state index contributed by atoms with van der Waals surface area (Å²) in [6, 6.07) is 22.4. The second-order valence-corrected chi connectivity index (χ2v) is 5.14. The number of nitrogens with zero attached hydrogens (tertiary/aromatic N) is 2. The predicted molar refractivity (Wildman–Crippen MR) is 93.3 cm³/mol. The van der Waals surface area contributed by atoms with Crippen molar-refractivity contribution >= 4 is 5.82 Å². The minimum atomic E-state index is 0.621. The van der Waals surface area contributed by atoms with Gasteiger partial charge in [-0.05, 0) is 11.6 Å². The van der Waals surface area contributed by atoms with Gasteiger partial charge in [0.1, 0.15) is 0 Å². The smallest absolute Gasteiger partial charge is 0.156 e. The SMILES string of the molecule is COCCNc1nnc(-c2ccccc2)cc1-c1ccccc1. The molecule has 4 nitrogen and oxygen atoms in total. The van der Waals surface area contributed by atoms with Gasteiger partial charge < -0.3 is 10.1 Å². The Morgan fingerprint density at radius 2 is 1.52 bits per heavy atom. The number of hydrogen-bond donors (Lipinski definition) is 1. The molecule has 3 aromatic rings. The molecule has 23 heavy (non-hydrogen) atoms. The molecule has 0 spiro atoms. The predicted octanol–water partition coefficient (Wildman–Crippen LogP) is 3.87. The summed E-state index contributed by atoms with van der Waals surface area (Å²) in [6.07, 6.45) is 0. The van der Waals surface area contributed by atoms with Crippen molar-refractivity contribution in [1.82, 2.24) is 10.2 Å². The maximum atomic E-state index is 5.09. The molecule has 0 saturated heterocycles. The molecule has 0 bridgehead atoms. The van der Waals surface area contributed by atoms with Crippen LogP contribution in [0, 0.1) is 0 Å². The van der Waals surface area contributed by atoms with Crippen LogP contribution >= 0.6 is 0 Å². The van der Waals surface area contributed by atoms with Crippen LogP contribution in [0.25, 0.3) is 22.4 Å². The maximum Gasteiger partial charge on any atom is 0.156 e. The van der Waals surface area contributed by atoms with Gasteiger partial charge >= 0.3 is 0 Å². The number of hydrogen-bond acceptors (Lipinski definition) is 4. The Morgan fingerprint density at radius 3 is 2.17 bits per heavy atom. The molecule has 0 unspecified atom stereocenters. The molecule has 0 fully saturated rings. The molecule has 0 radical (unpaired) electrons. The maximum absolute atomic E-state index is 5.09. The van der Waals surface area contributed by atoms with Gasteiger partial charge in [-0.2, -0.15) is 0 Å². The Bertz CT molecular complexity index is 745. The standard InChI is InChI=1S/C19H19N3O/c1-23-13-12-20-19-17(15-8-4-2-5-9-15)14-18(21-22-19)16-10-6-3-7-11-16/h2-11,14H,12-13H2,1H3,(H,20,22). The van der Waals surface area contributed by atoms with E-state index < -0.39 is 0 Å². The Kier molecular flexibility index (Phi) is 4.96. The highest BCUT2D eigenvalue weighted by molar-refractivity contribution is 5.78. The first-order valence-electron chi connectivity index (χ1n) is 7.60. The van der Waals surface area contributed by atoms with E-state index in [0.29, 0.717) is 13.2 Å². The first-order valence-corrected chi connectivity index (χ1v) is 7.60. The largest absolute Gasteiger partial charge is 0.383 e. The Morgan fingerprint density at radius 1 is 0.870 bits per heavy atom. The third-order valence-electron chi connectivity index (χ3n) is 3.55. The van der Waals surface area contributed by atoms with E-state index in [1.807, 2.05) is 48.5 Å². The van der Waals surface area contributed by atoms with Crippen molar-refractivity contribution < 1.29 is 4.74 Å². The lowest BCUT2D eigenvalue weighted by atomic mass is 10.0. The number of rotatable bonds is 6. The zero-order valence-corrected chi connectivity index (χ0v) is 13.1. The van der Waals surface area contributed by atoms with Crippen molar-refractivity contribution in [2.45, 2.75) is 0 Å². The van der Waals surface area contributed by atoms with Crippen molar-refractivity contribution in [3.8, 4) is 22.4 Å². The average Bonchev–Trinajstić information content (AvgIpc) is 2.63. The van der Waals surface area contributed by atoms with Crippen molar-refractivity contribution in [3.63, 3.8) is 0 Å². The summed E-state index contributed by atoms with van der Waals surface area (Å²) in [7, 11) is 1.68. The summed E-state index contributed by atoms with van der Waals surface area (Å²) in [6.45, 7) is 1.31. The average molecular weight is 305 g/mol. The van der Waals surface area contributed by atoms with Crippen LogP contribution in [0.2, 0.25) is 0 Å². The van der Waals surface area contributed by atoms with Crippen LogP contribution in [0.4, 0.5) is 5.82 Å². The quantitative estimate of drug-likeness (QED) is 0.702. The normalized spacial score (nSPS) is 10.5. The number of benzene rings is 2. The Labute approximate surface area is 136 Å². The van der Waals surface area contributed by atoms with Gasteiger partial charge in [0.15, 0.2) is 5.82 Å². The van der Waals surface area contributed by atoms with Crippen molar-refractivity contribution in [3.05, 3.63) is 66.7 Å². The van der Waals surface area contributed by atoms with E-state index in [9.17, 15) is 0 Å². The second kappa shape index (κ2) is 7.51. The Balaban J connectivity index is 2.00. The third kappa shape index (κ3) is 3.73. The van der Waals surface area contributed by atoms with Gasteiger partial charge in [0.05, 0.1) is 12.3 Å². The fraction of sp³-hybridized carbons (Fsp3) is 0.158. The van der Waals surface area contributed by atoms with Crippen LogP contribution in [-0.4, -0.2) is 30.5 Å². The van der Waals surface area contributed by atoms with Gasteiger partial charge in [-0.3, -0.25) is 0 Å². The number of anilines is 1. The van der Waals surface area contributed by atoms with Gasteiger partial charge in [-0.15, -0.1) is 10.2 Å². The first-order chi connectivity index (χ1) is 11.4. The molecule has 3 rings (SSSR count). The van der Waals surface area contributed by atoms with E-state index in [4.69, 9.17) is 4.74 Å². The van der Waals surface area contributed by atoms with E-state index >= 15 is 0 Å². The van der Waals surface area contributed by atoms with Gasteiger partial charge in [0, 0.05) is 24.8 Å². The number of aromatic nitrogens is 2. The second-order valence-electron chi connectivity index (χ2n) is 5.14. The molecule has 0 saturated carbocycles. The topological polar surface area (TPSA) is 47.0 Å². The van der Waals surface area contributed by atoms with Gasteiger partial charge in [0.2, 0.25) is 0 Å². The fourth-order valence-corrected chi connectivity index (χ4v) is 2.38. The molecule has 116 valence electrons. The van der Waals surface area contributed by atoms with Crippen LogP contribution in [0.3, 0.4) is 0 Å². The number of methoxy groups -OCH3 is 1. The molecule has 1 N–H and O–H groups in total. The summed E-state index contributed by atoms with van der Waals surface area (Å²) < 4.78 is 5.09. The van der Waals surface area contributed by atoms with E-state index in [-0.39, 0.29) is 0 Å². The summed E-state index contributed by atoms with van der Waals surface area (Å²) in [4.78, 5) is 0. The zero-order valence-electron chi connectivity index (χ0n) is 13.1. The fourth-order valence-electron chi connectivity index (χ4n) is 2.38. The summed E-state index contributed by atoms with van der Waals surface area (Å²) in [5, 5.41) is 12.0. The molecule has 2 aromatic carbocycles. The minimum absolute atomic E-state index is 0.621. The van der Waals surface area contributed by atoms with Crippen LogP contribution in [0.1, 0.15) is 0 Å². The highest BCUT2D eigenvalue weighted by Gasteiger charge is 2.10. The van der Waals surface area contributed by atoms with E-state index in [1.54, 1.807) is 7.11 Å². The lowest BCUT2D eigenvalue weighted by molar-refractivity contribution is 0.210. The zero-order chi connectivity index (χ0) is 15.9. The lowest BCUT2D eigenvalue weighted by Gasteiger charge is -2.12. The Hall–Kier alpha value is -2.72. The van der Waals surface area contributed by atoms with E-state index in [2.05, 4.69) is 33.7 Å². The molecule has 1 heterocycles. The molecule has 0 amide bonds. The van der Waals surface area contributed by atoms with Crippen molar-refractivity contribution in [1.29, 1.82) is 0 Å². The molecule has 0 aliphatic carbocycles. The molecule has 1 aromatic heterocycles. The number of nitrogens with one attached hydrogen (secondary N) is 1. The van der Waals surface area contributed by atoms with Gasteiger partial charge in [0.25, 0.3) is 0 Å². The summed E-state index contributed by atoms with van der Waals surface area (Å²) in [5.41, 5.74) is 4.07. The molecular formula is C19H19N3O. The van der Waals surface area contributed by atoms with Crippen LogP contribution in [-0.2, 0) is 4.74 Å². The van der Waals surface area contributed by atoms with Crippen LogP contribution < -0.4 is 5.32 Å². The molecular weight excluding hydrogens is 286 g/mol. The van der Waals surface area contributed by atoms with Crippen molar-refractivity contribution in [2.24, 2.45) is 0 Å². The summed E-state index contributed by atoms with van der Waals surface area (Å²) >= 11 is 0. The van der Waals surface area contributed by atoms with Crippen LogP contribution in [0.15, 0.2) is 66.7 Å². The third-order valence-corrected chi connectivity index (χ3v) is 3.55. The number of ether oxygens (including phenoxy) is 1. The first kappa shape index (κ1) is 15.2. The molecule has 0 aliphatic heterocycles. The van der Waals surface area contributed by atoms with E-state index in [0.717, 1.165) is 28.2 Å².